The first-order valence-corrected chi connectivity index (χ1v) is 18.7. The molecule has 1 unspecified atom stereocenters. The van der Waals surface area contributed by atoms with Crippen LogP contribution in [0.4, 0.5) is 13.6 Å². The fourth-order valence-electron chi connectivity index (χ4n) is 6.21. The van der Waals surface area contributed by atoms with Gasteiger partial charge in [0, 0.05) is 23.7 Å². The predicted octanol–water partition coefficient (Wildman–Crippen LogP) is 7.53. The Bertz CT molecular complexity index is 1730. The van der Waals surface area contributed by atoms with Crippen LogP contribution in [0.25, 0.3) is 11.1 Å². The van der Waals surface area contributed by atoms with Crippen molar-refractivity contribution in [3.63, 3.8) is 0 Å². The maximum absolute atomic E-state index is 16.5. The molecule has 2 atom stereocenters. The monoisotopic (exact) mass is 731 g/mol. The summed E-state index contributed by atoms with van der Waals surface area (Å²) in [6, 6.07) is 14.6. The molecule has 3 aromatic carbocycles. The van der Waals surface area contributed by atoms with E-state index in [0.717, 1.165) is 36.1 Å². The lowest BCUT2D eigenvalue weighted by molar-refractivity contribution is -0.143. The molecule has 50 heavy (non-hydrogen) atoms. The van der Waals surface area contributed by atoms with Crippen LogP contribution < -0.4 is 14.8 Å². The molecule has 0 aromatic heterocycles. The van der Waals surface area contributed by atoms with E-state index in [2.05, 4.69) is 5.32 Å². The lowest BCUT2D eigenvalue weighted by Crippen LogP contribution is -2.56. The zero-order valence-electron chi connectivity index (χ0n) is 28.5. The Balaban J connectivity index is 1.36. The smallest absolute Gasteiger partial charge is 0.407 e. The van der Waals surface area contributed by atoms with Crippen molar-refractivity contribution < 1.29 is 36.3 Å². The van der Waals surface area contributed by atoms with Gasteiger partial charge in [-0.2, -0.15) is 13.5 Å². The molecule has 0 spiro atoms. The summed E-state index contributed by atoms with van der Waals surface area (Å²) in [5.74, 6) is -4.19. The van der Waals surface area contributed by atoms with Crippen LogP contribution in [0.5, 0.6) is 5.75 Å². The van der Waals surface area contributed by atoms with Crippen LogP contribution in [-0.4, -0.2) is 62.7 Å². The third-order valence-corrected chi connectivity index (χ3v) is 10.6. The number of hydrogen-bond acceptors (Lipinski definition) is 6. The van der Waals surface area contributed by atoms with Crippen molar-refractivity contribution in [1.82, 2.24) is 14.9 Å². The summed E-state index contributed by atoms with van der Waals surface area (Å²) in [5, 5.41) is 3.19. The standard InChI is InChI=1S/C37H44ClF2N3O6S/c1-36(2,3)49-35(45)41-30-21-22-43(23-30)34(44)33(37(39,40)28-13-9-26(10-14-28)27-11-15-29(38)16-12-27)42-50(46,47)32-19-17-31(18-20-32)48-24-25-7-5-4-6-8-25/h9-20,25,30,33,42H,4-8,21-24H2,1-3H3,(H,41,45)/t30-,33?/m1/s1. The van der Waals surface area contributed by atoms with Gasteiger partial charge in [0.25, 0.3) is 5.92 Å². The molecule has 1 heterocycles. The Morgan fingerprint density at radius 1 is 0.900 bits per heavy atom. The molecule has 1 saturated heterocycles. The minimum absolute atomic E-state index is 0.0239. The van der Waals surface area contributed by atoms with Crippen LogP contribution in [0, 0.1) is 5.92 Å². The van der Waals surface area contributed by atoms with Gasteiger partial charge in [-0.25, -0.2) is 13.2 Å². The maximum atomic E-state index is 16.5. The molecule has 1 saturated carbocycles. The van der Waals surface area contributed by atoms with Gasteiger partial charge < -0.3 is 19.7 Å². The zero-order chi connectivity index (χ0) is 36.1. The number of carbonyl (C=O) groups is 2. The summed E-state index contributed by atoms with van der Waals surface area (Å²) >= 11 is 5.99. The van der Waals surface area contributed by atoms with Crippen molar-refractivity contribution in [3.05, 3.63) is 83.4 Å². The van der Waals surface area contributed by atoms with Crippen molar-refractivity contribution in [3.8, 4) is 16.9 Å². The van der Waals surface area contributed by atoms with E-state index in [1.54, 1.807) is 45.0 Å². The van der Waals surface area contributed by atoms with Gasteiger partial charge in [0.2, 0.25) is 15.9 Å². The average Bonchev–Trinajstić information content (AvgIpc) is 3.54. The lowest BCUT2D eigenvalue weighted by atomic mass is 9.90. The third kappa shape index (κ3) is 9.73. The molecule has 9 nitrogen and oxygen atoms in total. The fourth-order valence-corrected chi connectivity index (χ4v) is 7.53. The van der Waals surface area contributed by atoms with Crippen LogP contribution >= 0.6 is 11.6 Å². The number of amides is 2. The molecule has 0 radical (unpaired) electrons. The van der Waals surface area contributed by atoms with Gasteiger partial charge in [-0.15, -0.1) is 0 Å². The number of likely N-dealkylation sites (tertiary alicyclic amines) is 1. The molecule has 5 rings (SSSR count). The SMILES string of the molecule is CC(C)(C)OC(=O)N[C@@H]1CCN(C(=O)C(NS(=O)(=O)c2ccc(OCC3CCCCC3)cc2)C(F)(F)c2ccc(-c3ccc(Cl)cc3)cc2)C1. The fraction of sp³-hybridized carbons (Fsp3) is 0.459. The number of ether oxygens (including phenoxy) is 2. The first kappa shape index (κ1) is 37.5. The molecule has 3 aromatic rings. The summed E-state index contributed by atoms with van der Waals surface area (Å²) in [5.41, 5.74) is 0.0627. The molecular weight excluding hydrogens is 688 g/mol. The molecule has 2 N–H and O–H groups in total. The van der Waals surface area contributed by atoms with Crippen molar-refractivity contribution in [2.75, 3.05) is 19.7 Å². The van der Waals surface area contributed by atoms with Gasteiger partial charge in [0.05, 0.1) is 17.5 Å². The maximum Gasteiger partial charge on any atom is 0.407 e. The highest BCUT2D eigenvalue weighted by molar-refractivity contribution is 7.89. The van der Waals surface area contributed by atoms with Gasteiger partial charge in [0.1, 0.15) is 11.4 Å². The Morgan fingerprint density at radius 2 is 1.50 bits per heavy atom. The molecule has 2 aliphatic rings. The molecule has 13 heteroatoms. The number of benzene rings is 3. The Hall–Kier alpha value is -3.74. The van der Waals surface area contributed by atoms with E-state index >= 15 is 8.78 Å². The minimum Gasteiger partial charge on any atom is -0.493 e. The normalized spacial score (nSPS) is 18.0. The van der Waals surface area contributed by atoms with Crippen LogP contribution in [0.15, 0.2) is 77.7 Å². The number of halogens is 3. The van der Waals surface area contributed by atoms with Crippen molar-refractivity contribution in [2.24, 2.45) is 5.92 Å². The third-order valence-electron chi connectivity index (χ3n) is 8.90. The average molecular weight is 732 g/mol. The molecule has 0 bridgehead atoms. The molecule has 1 aliphatic carbocycles. The minimum atomic E-state index is -4.62. The number of hydrogen-bond donors (Lipinski definition) is 2. The number of rotatable bonds is 11. The second kappa shape index (κ2) is 15.7. The Morgan fingerprint density at radius 3 is 2.10 bits per heavy atom. The van der Waals surface area contributed by atoms with E-state index in [1.165, 1.54) is 55.0 Å². The highest BCUT2D eigenvalue weighted by atomic mass is 35.5. The van der Waals surface area contributed by atoms with E-state index < -0.39 is 51.2 Å². The van der Waals surface area contributed by atoms with Crippen LogP contribution in [0.3, 0.4) is 0 Å². The van der Waals surface area contributed by atoms with Crippen LogP contribution in [-0.2, 0) is 25.5 Å². The number of alkyl halides is 2. The summed E-state index contributed by atoms with van der Waals surface area (Å²) in [6.45, 7) is 5.55. The van der Waals surface area contributed by atoms with Crippen molar-refractivity contribution in [2.45, 2.75) is 87.8 Å². The first-order valence-electron chi connectivity index (χ1n) is 16.9. The summed E-state index contributed by atoms with van der Waals surface area (Å²) in [7, 11) is -4.62. The van der Waals surface area contributed by atoms with E-state index in [4.69, 9.17) is 21.1 Å². The van der Waals surface area contributed by atoms with E-state index in [-0.39, 0.29) is 24.4 Å². The second-order valence-electron chi connectivity index (χ2n) is 14.0. The van der Waals surface area contributed by atoms with Crippen molar-refractivity contribution >= 4 is 33.6 Å². The van der Waals surface area contributed by atoms with Gasteiger partial charge in [-0.05, 0) is 93.5 Å². The zero-order valence-corrected chi connectivity index (χ0v) is 30.0. The Kier molecular flexibility index (Phi) is 11.7. The molecule has 2 fully saturated rings. The van der Waals surface area contributed by atoms with Crippen molar-refractivity contribution in [1.29, 1.82) is 0 Å². The molecule has 270 valence electrons. The Labute approximate surface area is 297 Å². The second-order valence-corrected chi connectivity index (χ2v) is 16.1. The summed E-state index contributed by atoms with van der Waals surface area (Å²) in [4.78, 5) is 27.1. The van der Waals surface area contributed by atoms with Gasteiger partial charge in [0.15, 0.2) is 6.04 Å². The van der Waals surface area contributed by atoms with Gasteiger partial charge >= 0.3 is 6.09 Å². The number of sulfonamides is 1. The van der Waals surface area contributed by atoms with E-state index in [9.17, 15) is 18.0 Å². The van der Waals surface area contributed by atoms with E-state index in [0.29, 0.717) is 28.9 Å². The molecule has 2 amide bonds. The van der Waals surface area contributed by atoms with Gasteiger partial charge in [-0.3, -0.25) is 4.79 Å². The quantitative estimate of drug-likeness (QED) is 0.211. The lowest BCUT2D eigenvalue weighted by Gasteiger charge is -2.30. The summed E-state index contributed by atoms with van der Waals surface area (Å²) in [6.07, 6.45) is 5.27. The van der Waals surface area contributed by atoms with Crippen LogP contribution in [0.2, 0.25) is 5.02 Å². The predicted molar refractivity (Wildman–Crippen MR) is 188 cm³/mol. The number of alkyl carbamates (subject to hydrolysis) is 1. The topological polar surface area (TPSA) is 114 Å². The number of carbonyl (C=O) groups excluding carboxylic acids is 2. The van der Waals surface area contributed by atoms with E-state index in [1.807, 2.05) is 4.72 Å². The molecule has 1 aliphatic heterocycles. The number of nitrogens with zero attached hydrogens (tertiary/aromatic N) is 1. The van der Waals surface area contributed by atoms with Crippen LogP contribution in [0.1, 0.15) is 64.9 Å². The first-order chi connectivity index (χ1) is 23.6. The highest BCUT2D eigenvalue weighted by Gasteiger charge is 2.50. The largest absolute Gasteiger partial charge is 0.493 e. The molecular formula is C37H44ClF2N3O6S. The highest BCUT2D eigenvalue weighted by Crippen LogP contribution is 2.36. The summed E-state index contributed by atoms with van der Waals surface area (Å²) < 4.78 is 73.4. The number of nitrogens with one attached hydrogen (secondary N) is 2. The van der Waals surface area contributed by atoms with Gasteiger partial charge in [-0.1, -0.05) is 67.3 Å².